The maximum atomic E-state index is 4.21. The van der Waals surface area contributed by atoms with Crippen LogP contribution in [0.15, 0.2) is 17.6 Å². The van der Waals surface area contributed by atoms with Gasteiger partial charge in [-0.15, -0.1) is 0 Å². The van der Waals surface area contributed by atoms with Gasteiger partial charge in [-0.05, 0) is 18.9 Å². The predicted octanol–water partition coefficient (Wildman–Crippen LogP) is 2.53. The van der Waals surface area contributed by atoms with Gasteiger partial charge in [0, 0.05) is 24.2 Å². The van der Waals surface area contributed by atoms with Gasteiger partial charge in [0.2, 0.25) is 0 Å². The van der Waals surface area contributed by atoms with Crippen molar-refractivity contribution in [2.45, 2.75) is 38.4 Å². The summed E-state index contributed by atoms with van der Waals surface area (Å²) in [6.07, 6.45) is 4.85. The van der Waals surface area contributed by atoms with E-state index in [1.54, 1.807) is 18.0 Å². The van der Waals surface area contributed by atoms with E-state index in [1.807, 2.05) is 6.20 Å². The van der Waals surface area contributed by atoms with Crippen LogP contribution in [0.25, 0.3) is 0 Å². The summed E-state index contributed by atoms with van der Waals surface area (Å²) in [5.41, 5.74) is 0. The zero-order chi connectivity index (χ0) is 11.1. The Morgan fingerprint density at radius 1 is 1.53 bits per heavy atom. The van der Waals surface area contributed by atoms with Crippen molar-refractivity contribution in [1.82, 2.24) is 15.3 Å². The molecule has 0 radical (unpaired) electrons. The SMILES string of the molecule is CCCNC(CSc1ncc[nH]1)C(C)C. The lowest BCUT2D eigenvalue weighted by Gasteiger charge is -2.21. The van der Waals surface area contributed by atoms with E-state index < -0.39 is 0 Å². The number of hydrogen-bond donors (Lipinski definition) is 2. The highest BCUT2D eigenvalue weighted by molar-refractivity contribution is 7.99. The Bertz CT molecular complexity index is 246. The van der Waals surface area contributed by atoms with Gasteiger partial charge < -0.3 is 10.3 Å². The quantitative estimate of drug-likeness (QED) is 0.703. The Hall–Kier alpha value is -0.480. The first kappa shape index (κ1) is 12.6. The van der Waals surface area contributed by atoms with Crippen molar-refractivity contribution in [2.75, 3.05) is 12.3 Å². The fraction of sp³-hybridized carbons (Fsp3) is 0.727. The third-order valence-electron chi connectivity index (χ3n) is 2.33. The molecule has 1 heterocycles. The lowest BCUT2D eigenvalue weighted by atomic mass is 10.1. The minimum atomic E-state index is 0.569. The molecule has 0 aliphatic heterocycles. The lowest BCUT2D eigenvalue weighted by Crippen LogP contribution is -2.36. The number of aromatic nitrogens is 2. The fourth-order valence-corrected chi connectivity index (χ4v) is 2.44. The summed E-state index contributed by atoms with van der Waals surface area (Å²) < 4.78 is 0. The molecule has 2 N–H and O–H groups in total. The molecule has 0 bridgehead atoms. The van der Waals surface area contributed by atoms with Crippen LogP contribution in [-0.4, -0.2) is 28.3 Å². The first-order chi connectivity index (χ1) is 7.24. The van der Waals surface area contributed by atoms with E-state index in [0.717, 1.165) is 17.5 Å². The molecule has 0 aromatic carbocycles. The van der Waals surface area contributed by atoms with Crippen molar-refractivity contribution in [3.63, 3.8) is 0 Å². The first-order valence-corrected chi connectivity index (χ1v) is 6.58. The Kier molecular flexibility index (Phi) is 5.79. The zero-order valence-electron chi connectivity index (χ0n) is 9.79. The monoisotopic (exact) mass is 227 g/mol. The summed E-state index contributed by atoms with van der Waals surface area (Å²) in [4.78, 5) is 7.32. The molecule has 4 heteroatoms. The molecule has 15 heavy (non-hydrogen) atoms. The minimum Gasteiger partial charge on any atom is -0.340 e. The molecule has 86 valence electrons. The Morgan fingerprint density at radius 3 is 2.87 bits per heavy atom. The van der Waals surface area contributed by atoms with Gasteiger partial charge in [0.15, 0.2) is 5.16 Å². The molecule has 0 aliphatic rings. The maximum Gasteiger partial charge on any atom is 0.165 e. The Balaban J connectivity index is 2.31. The van der Waals surface area contributed by atoms with Crippen molar-refractivity contribution in [1.29, 1.82) is 0 Å². The molecule has 1 atom stereocenters. The average Bonchev–Trinajstić information content (AvgIpc) is 2.70. The van der Waals surface area contributed by atoms with E-state index in [9.17, 15) is 0 Å². The van der Waals surface area contributed by atoms with Crippen molar-refractivity contribution >= 4 is 11.8 Å². The fourth-order valence-electron chi connectivity index (χ4n) is 1.32. The normalized spacial score (nSPS) is 13.3. The second-order valence-corrected chi connectivity index (χ2v) is 5.02. The van der Waals surface area contributed by atoms with Crippen LogP contribution in [0, 0.1) is 5.92 Å². The van der Waals surface area contributed by atoms with Crippen LogP contribution >= 0.6 is 11.8 Å². The molecule has 1 rings (SSSR count). The molecule has 0 amide bonds. The highest BCUT2D eigenvalue weighted by Crippen LogP contribution is 2.16. The molecular formula is C11H21N3S. The number of rotatable bonds is 7. The number of imidazole rings is 1. The number of hydrogen-bond acceptors (Lipinski definition) is 3. The first-order valence-electron chi connectivity index (χ1n) is 5.59. The number of thioether (sulfide) groups is 1. The highest BCUT2D eigenvalue weighted by Gasteiger charge is 2.12. The van der Waals surface area contributed by atoms with Crippen LogP contribution in [0.2, 0.25) is 0 Å². The number of aromatic amines is 1. The van der Waals surface area contributed by atoms with Gasteiger partial charge in [-0.1, -0.05) is 32.5 Å². The van der Waals surface area contributed by atoms with E-state index in [1.165, 1.54) is 6.42 Å². The van der Waals surface area contributed by atoms with Crippen LogP contribution in [0.1, 0.15) is 27.2 Å². The van der Waals surface area contributed by atoms with Crippen molar-refractivity contribution < 1.29 is 0 Å². The third kappa shape index (κ3) is 4.71. The van der Waals surface area contributed by atoms with Gasteiger partial charge in [-0.3, -0.25) is 0 Å². The molecule has 0 fully saturated rings. The van der Waals surface area contributed by atoms with E-state index in [4.69, 9.17) is 0 Å². The van der Waals surface area contributed by atoms with Crippen LogP contribution < -0.4 is 5.32 Å². The van der Waals surface area contributed by atoms with Gasteiger partial charge in [0.25, 0.3) is 0 Å². The molecule has 0 saturated heterocycles. The molecule has 0 saturated carbocycles. The summed E-state index contributed by atoms with van der Waals surface area (Å²) in [6, 6.07) is 0.569. The largest absolute Gasteiger partial charge is 0.340 e. The summed E-state index contributed by atoms with van der Waals surface area (Å²) in [5.74, 6) is 1.74. The summed E-state index contributed by atoms with van der Waals surface area (Å²) >= 11 is 1.78. The zero-order valence-corrected chi connectivity index (χ0v) is 10.6. The summed E-state index contributed by atoms with van der Waals surface area (Å²) in [6.45, 7) is 7.82. The topological polar surface area (TPSA) is 40.7 Å². The minimum absolute atomic E-state index is 0.569. The molecule has 0 aliphatic carbocycles. The van der Waals surface area contributed by atoms with Gasteiger partial charge in [-0.25, -0.2) is 4.98 Å². The summed E-state index contributed by atoms with van der Waals surface area (Å²) in [7, 11) is 0. The second-order valence-electron chi connectivity index (χ2n) is 4.01. The van der Waals surface area contributed by atoms with Crippen LogP contribution in [0.5, 0.6) is 0 Å². The Labute approximate surface area is 96.5 Å². The van der Waals surface area contributed by atoms with Crippen LogP contribution in [-0.2, 0) is 0 Å². The molecule has 3 nitrogen and oxygen atoms in total. The van der Waals surface area contributed by atoms with Crippen molar-refractivity contribution in [3.05, 3.63) is 12.4 Å². The van der Waals surface area contributed by atoms with Gasteiger partial charge in [0.1, 0.15) is 0 Å². The molecular weight excluding hydrogens is 206 g/mol. The lowest BCUT2D eigenvalue weighted by molar-refractivity contribution is 0.434. The van der Waals surface area contributed by atoms with Crippen molar-refractivity contribution in [3.8, 4) is 0 Å². The standard InChI is InChI=1S/C11H21N3S/c1-4-5-12-10(9(2)3)8-15-11-13-6-7-14-11/h6-7,9-10,12H,4-5,8H2,1-3H3,(H,13,14). The van der Waals surface area contributed by atoms with Gasteiger partial charge in [-0.2, -0.15) is 0 Å². The molecule has 1 unspecified atom stereocenters. The van der Waals surface area contributed by atoms with Gasteiger partial charge >= 0.3 is 0 Å². The van der Waals surface area contributed by atoms with Crippen molar-refractivity contribution in [2.24, 2.45) is 5.92 Å². The second kappa shape index (κ2) is 6.90. The smallest absolute Gasteiger partial charge is 0.165 e. The van der Waals surface area contributed by atoms with E-state index in [-0.39, 0.29) is 0 Å². The van der Waals surface area contributed by atoms with E-state index in [0.29, 0.717) is 12.0 Å². The maximum absolute atomic E-state index is 4.21. The van der Waals surface area contributed by atoms with E-state index in [2.05, 4.69) is 36.1 Å². The number of nitrogens with one attached hydrogen (secondary N) is 2. The molecule has 1 aromatic heterocycles. The molecule has 1 aromatic rings. The van der Waals surface area contributed by atoms with Crippen LogP contribution in [0.3, 0.4) is 0 Å². The van der Waals surface area contributed by atoms with E-state index >= 15 is 0 Å². The third-order valence-corrected chi connectivity index (χ3v) is 3.36. The highest BCUT2D eigenvalue weighted by atomic mass is 32.2. The number of nitrogens with zero attached hydrogens (tertiary/aromatic N) is 1. The van der Waals surface area contributed by atoms with Crippen LogP contribution in [0.4, 0.5) is 0 Å². The van der Waals surface area contributed by atoms with Gasteiger partial charge in [0.05, 0.1) is 0 Å². The molecule has 0 spiro atoms. The predicted molar refractivity (Wildman–Crippen MR) is 66.2 cm³/mol. The average molecular weight is 227 g/mol. The summed E-state index contributed by atoms with van der Waals surface area (Å²) in [5, 5.41) is 4.58. The number of H-pyrrole nitrogens is 1. The Morgan fingerprint density at radius 2 is 2.33 bits per heavy atom.